The zero-order valence-electron chi connectivity index (χ0n) is 10.5. The molecule has 0 aliphatic rings. The van der Waals surface area contributed by atoms with Gasteiger partial charge >= 0.3 is 12.0 Å². The zero-order valence-corrected chi connectivity index (χ0v) is 10.5. The van der Waals surface area contributed by atoms with Gasteiger partial charge in [-0.25, -0.2) is 9.59 Å². The second kappa shape index (κ2) is 6.63. The molecule has 0 bridgehead atoms. The average molecular weight is 254 g/mol. The molecule has 2 amide bonds. The number of nitrogens with one attached hydrogen (secondary N) is 2. The molecule has 1 atom stereocenters. The van der Waals surface area contributed by atoms with E-state index in [1.807, 2.05) is 13.1 Å². The van der Waals surface area contributed by atoms with Crippen LogP contribution in [-0.4, -0.2) is 39.5 Å². The summed E-state index contributed by atoms with van der Waals surface area (Å²) in [6, 6.07) is 0.555. The van der Waals surface area contributed by atoms with Gasteiger partial charge in [-0.2, -0.15) is 5.10 Å². The summed E-state index contributed by atoms with van der Waals surface area (Å²) in [5.41, 5.74) is 1.00. The molecule has 1 aromatic rings. The highest BCUT2D eigenvalue weighted by Gasteiger charge is 2.16. The first kappa shape index (κ1) is 14.0. The lowest BCUT2D eigenvalue weighted by molar-refractivity contribution is -0.139. The van der Waals surface area contributed by atoms with Gasteiger partial charge in [0, 0.05) is 31.9 Å². The van der Waals surface area contributed by atoms with Crippen LogP contribution in [0.25, 0.3) is 0 Å². The zero-order chi connectivity index (χ0) is 13.5. The van der Waals surface area contributed by atoms with Crippen LogP contribution in [0.4, 0.5) is 4.79 Å². The quantitative estimate of drug-likeness (QED) is 0.672. The summed E-state index contributed by atoms with van der Waals surface area (Å²) < 4.78 is 1.73. The Labute approximate surface area is 105 Å². The number of aromatic nitrogens is 2. The van der Waals surface area contributed by atoms with Gasteiger partial charge in [0.05, 0.1) is 0 Å². The number of aliphatic carboxylic acids is 1. The third-order valence-electron chi connectivity index (χ3n) is 2.60. The number of rotatable bonds is 6. The van der Waals surface area contributed by atoms with Crippen molar-refractivity contribution in [2.45, 2.75) is 25.8 Å². The second-order valence-electron chi connectivity index (χ2n) is 3.90. The average Bonchev–Trinajstić information content (AvgIpc) is 2.71. The van der Waals surface area contributed by atoms with Crippen molar-refractivity contribution in [3.8, 4) is 0 Å². The minimum Gasteiger partial charge on any atom is -0.480 e. The Morgan fingerprint density at radius 1 is 1.56 bits per heavy atom. The van der Waals surface area contributed by atoms with E-state index in [1.165, 1.54) is 0 Å². The van der Waals surface area contributed by atoms with Crippen LogP contribution in [-0.2, 0) is 18.3 Å². The summed E-state index contributed by atoms with van der Waals surface area (Å²) in [5.74, 6) is -1.03. The normalized spacial score (nSPS) is 11.9. The van der Waals surface area contributed by atoms with Crippen LogP contribution in [0.5, 0.6) is 0 Å². The van der Waals surface area contributed by atoms with E-state index in [0.29, 0.717) is 19.4 Å². The largest absolute Gasteiger partial charge is 0.480 e. The monoisotopic (exact) mass is 254 g/mol. The Kier molecular flexibility index (Phi) is 5.16. The molecule has 0 aromatic carbocycles. The molecule has 0 unspecified atom stereocenters. The van der Waals surface area contributed by atoms with Crippen LogP contribution in [0.2, 0.25) is 0 Å². The molecule has 100 valence electrons. The van der Waals surface area contributed by atoms with Gasteiger partial charge in [-0.1, -0.05) is 6.92 Å². The van der Waals surface area contributed by atoms with Crippen molar-refractivity contribution in [3.63, 3.8) is 0 Å². The van der Waals surface area contributed by atoms with Crippen molar-refractivity contribution in [3.05, 3.63) is 18.0 Å². The molecule has 1 rings (SSSR count). The highest BCUT2D eigenvalue weighted by molar-refractivity contribution is 5.82. The van der Waals surface area contributed by atoms with Crippen molar-refractivity contribution in [2.24, 2.45) is 7.05 Å². The maximum absolute atomic E-state index is 11.4. The summed E-state index contributed by atoms with van der Waals surface area (Å²) in [5, 5.41) is 17.8. The predicted octanol–water partition coefficient (Wildman–Crippen LogP) is 0.125. The number of aryl methyl sites for hydroxylation is 1. The van der Waals surface area contributed by atoms with Crippen molar-refractivity contribution in [1.29, 1.82) is 0 Å². The highest BCUT2D eigenvalue weighted by atomic mass is 16.4. The summed E-state index contributed by atoms with van der Waals surface area (Å²) in [4.78, 5) is 22.1. The number of nitrogens with zero attached hydrogens (tertiary/aromatic N) is 2. The maximum Gasteiger partial charge on any atom is 0.326 e. The lowest BCUT2D eigenvalue weighted by atomic mass is 10.2. The van der Waals surface area contributed by atoms with Gasteiger partial charge in [-0.3, -0.25) is 4.68 Å². The number of hydrogen-bond acceptors (Lipinski definition) is 3. The molecule has 7 nitrogen and oxygen atoms in total. The fourth-order valence-corrected chi connectivity index (χ4v) is 1.50. The van der Waals surface area contributed by atoms with E-state index in [-0.39, 0.29) is 0 Å². The van der Waals surface area contributed by atoms with E-state index in [0.717, 1.165) is 5.69 Å². The third kappa shape index (κ3) is 4.08. The summed E-state index contributed by atoms with van der Waals surface area (Å²) in [6.45, 7) is 2.14. The molecule has 1 aromatic heterocycles. The summed E-state index contributed by atoms with van der Waals surface area (Å²) in [6.07, 6.45) is 2.69. The first-order valence-corrected chi connectivity index (χ1v) is 5.78. The van der Waals surface area contributed by atoms with Gasteiger partial charge in [0.1, 0.15) is 6.04 Å². The van der Waals surface area contributed by atoms with Crippen molar-refractivity contribution >= 4 is 12.0 Å². The van der Waals surface area contributed by atoms with E-state index >= 15 is 0 Å². The highest BCUT2D eigenvalue weighted by Crippen LogP contribution is 1.96. The lowest BCUT2D eigenvalue weighted by Gasteiger charge is -2.13. The molecule has 7 heteroatoms. The Balaban J connectivity index is 2.29. The van der Waals surface area contributed by atoms with Crippen molar-refractivity contribution in [1.82, 2.24) is 20.4 Å². The van der Waals surface area contributed by atoms with Crippen LogP contribution >= 0.6 is 0 Å². The van der Waals surface area contributed by atoms with Crippen molar-refractivity contribution in [2.75, 3.05) is 6.54 Å². The molecular formula is C11H18N4O3. The van der Waals surface area contributed by atoms with Gasteiger partial charge in [-0.15, -0.1) is 0 Å². The molecule has 0 aliphatic heterocycles. The molecule has 0 saturated carbocycles. The lowest BCUT2D eigenvalue weighted by Crippen LogP contribution is -2.46. The fourth-order valence-electron chi connectivity index (χ4n) is 1.50. The third-order valence-corrected chi connectivity index (χ3v) is 2.60. The number of carbonyl (C=O) groups excluding carboxylic acids is 1. The first-order valence-electron chi connectivity index (χ1n) is 5.78. The Morgan fingerprint density at radius 3 is 2.78 bits per heavy atom. The van der Waals surface area contributed by atoms with Gasteiger partial charge < -0.3 is 15.7 Å². The number of carboxylic acid groups (broad SMARTS) is 1. The van der Waals surface area contributed by atoms with E-state index in [9.17, 15) is 9.59 Å². The van der Waals surface area contributed by atoms with Crippen LogP contribution in [0, 0.1) is 0 Å². The minimum atomic E-state index is -1.03. The van der Waals surface area contributed by atoms with E-state index in [1.54, 1.807) is 17.8 Å². The molecule has 18 heavy (non-hydrogen) atoms. The minimum absolute atomic E-state index is 0.352. The Hall–Kier alpha value is -2.05. The molecule has 0 aliphatic carbocycles. The first-order chi connectivity index (χ1) is 8.54. The topological polar surface area (TPSA) is 96.3 Å². The van der Waals surface area contributed by atoms with Gasteiger partial charge in [0.25, 0.3) is 0 Å². The molecular weight excluding hydrogens is 236 g/mol. The summed E-state index contributed by atoms with van der Waals surface area (Å²) in [7, 11) is 1.83. The fraction of sp³-hybridized carbons (Fsp3) is 0.545. The maximum atomic E-state index is 11.4. The van der Waals surface area contributed by atoms with Crippen LogP contribution < -0.4 is 10.6 Å². The molecule has 3 N–H and O–H groups in total. The van der Waals surface area contributed by atoms with Crippen LogP contribution in [0.15, 0.2) is 12.3 Å². The smallest absolute Gasteiger partial charge is 0.326 e. The predicted molar refractivity (Wildman–Crippen MR) is 65.2 cm³/mol. The molecule has 1 heterocycles. The van der Waals surface area contributed by atoms with E-state index in [4.69, 9.17) is 5.11 Å². The van der Waals surface area contributed by atoms with E-state index < -0.39 is 18.0 Å². The Bertz CT molecular complexity index is 416. The second-order valence-corrected chi connectivity index (χ2v) is 3.90. The standard InChI is InChI=1S/C11H18N4O3/c1-3-9(10(16)17)14-11(18)12-6-4-8-5-7-13-15(8)2/h5,7,9H,3-4,6H2,1-2H3,(H,16,17)(H2,12,14,18)/t9-/m0/s1. The molecule has 0 saturated heterocycles. The number of carboxylic acids is 1. The van der Waals surface area contributed by atoms with E-state index in [2.05, 4.69) is 15.7 Å². The molecule has 0 spiro atoms. The molecule has 0 radical (unpaired) electrons. The number of hydrogen-bond donors (Lipinski definition) is 3. The van der Waals surface area contributed by atoms with Gasteiger partial charge in [-0.05, 0) is 12.5 Å². The number of urea groups is 1. The molecule has 0 fully saturated rings. The van der Waals surface area contributed by atoms with Gasteiger partial charge in [0.2, 0.25) is 0 Å². The number of amides is 2. The van der Waals surface area contributed by atoms with Crippen LogP contribution in [0.1, 0.15) is 19.0 Å². The van der Waals surface area contributed by atoms with Crippen LogP contribution in [0.3, 0.4) is 0 Å². The summed E-state index contributed by atoms with van der Waals surface area (Å²) >= 11 is 0. The van der Waals surface area contributed by atoms with Gasteiger partial charge in [0.15, 0.2) is 0 Å². The SMILES string of the molecule is CC[C@H](NC(=O)NCCc1ccnn1C)C(=O)O. The van der Waals surface area contributed by atoms with Crippen molar-refractivity contribution < 1.29 is 14.7 Å². The Morgan fingerprint density at radius 2 is 2.28 bits per heavy atom. The number of carbonyl (C=O) groups is 2.